The van der Waals surface area contributed by atoms with E-state index in [0.717, 1.165) is 25.3 Å². The Labute approximate surface area is 101 Å². The number of nitrogens with one attached hydrogen (secondary N) is 1. The molecule has 0 aliphatic carbocycles. The Hall–Kier alpha value is -1.55. The van der Waals surface area contributed by atoms with Crippen LogP contribution >= 0.6 is 0 Å². The van der Waals surface area contributed by atoms with Crippen molar-refractivity contribution in [3.63, 3.8) is 0 Å². The van der Waals surface area contributed by atoms with Crippen LogP contribution in [0.4, 0.5) is 0 Å². The van der Waals surface area contributed by atoms with Gasteiger partial charge in [-0.25, -0.2) is 4.79 Å². The lowest BCUT2D eigenvalue weighted by Crippen LogP contribution is -2.16. The van der Waals surface area contributed by atoms with Crippen LogP contribution in [0.1, 0.15) is 16.8 Å². The van der Waals surface area contributed by atoms with Crippen molar-refractivity contribution in [3.05, 3.63) is 29.8 Å². The van der Waals surface area contributed by atoms with Crippen molar-refractivity contribution < 1.29 is 14.3 Å². The monoisotopic (exact) mass is 235 g/mol. The molecule has 4 nitrogen and oxygen atoms in total. The normalized spacial score (nSPS) is 19.0. The standard InChI is InChI=1S/C13H17NO3/c1-16-12-4-2-11(3-5-12)13(15)17-9-10-6-7-14-8-10/h2-5,10,14H,6-9H2,1H3. The van der Waals surface area contributed by atoms with E-state index in [2.05, 4.69) is 5.32 Å². The summed E-state index contributed by atoms with van der Waals surface area (Å²) in [5, 5.41) is 3.24. The molecule has 1 atom stereocenters. The summed E-state index contributed by atoms with van der Waals surface area (Å²) in [7, 11) is 1.60. The van der Waals surface area contributed by atoms with Crippen molar-refractivity contribution >= 4 is 5.97 Å². The molecule has 0 amide bonds. The van der Waals surface area contributed by atoms with Crippen molar-refractivity contribution in [2.45, 2.75) is 6.42 Å². The molecule has 0 radical (unpaired) electrons. The molecule has 0 bridgehead atoms. The van der Waals surface area contributed by atoms with E-state index in [4.69, 9.17) is 9.47 Å². The first-order valence-electron chi connectivity index (χ1n) is 5.81. The van der Waals surface area contributed by atoms with Crippen LogP contribution in [-0.4, -0.2) is 32.8 Å². The van der Waals surface area contributed by atoms with Gasteiger partial charge in [-0.1, -0.05) is 0 Å². The van der Waals surface area contributed by atoms with Crippen LogP contribution in [0.25, 0.3) is 0 Å². The highest BCUT2D eigenvalue weighted by molar-refractivity contribution is 5.89. The number of rotatable bonds is 4. The highest BCUT2D eigenvalue weighted by atomic mass is 16.5. The zero-order valence-corrected chi connectivity index (χ0v) is 9.94. The van der Waals surface area contributed by atoms with Crippen LogP contribution in [0.5, 0.6) is 5.75 Å². The molecule has 1 aliphatic rings. The molecule has 1 aromatic rings. The molecule has 1 fully saturated rings. The third kappa shape index (κ3) is 3.20. The number of carbonyl (C=O) groups is 1. The number of ether oxygens (including phenoxy) is 2. The molecule has 1 heterocycles. The molecule has 2 rings (SSSR count). The lowest BCUT2D eigenvalue weighted by Gasteiger charge is -2.09. The van der Waals surface area contributed by atoms with Gasteiger partial charge in [-0.2, -0.15) is 0 Å². The summed E-state index contributed by atoms with van der Waals surface area (Å²) in [4.78, 5) is 11.7. The first-order chi connectivity index (χ1) is 8.29. The second kappa shape index (κ2) is 5.68. The van der Waals surface area contributed by atoms with Crippen LogP contribution in [-0.2, 0) is 4.74 Å². The zero-order valence-electron chi connectivity index (χ0n) is 9.94. The van der Waals surface area contributed by atoms with Crippen molar-refractivity contribution in [2.75, 3.05) is 26.8 Å². The third-order valence-electron chi connectivity index (χ3n) is 2.94. The van der Waals surface area contributed by atoms with Crippen molar-refractivity contribution in [2.24, 2.45) is 5.92 Å². The Morgan fingerprint density at radius 3 is 2.76 bits per heavy atom. The van der Waals surface area contributed by atoms with Crippen LogP contribution in [0.15, 0.2) is 24.3 Å². The number of benzene rings is 1. The van der Waals surface area contributed by atoms with E-state index in [9.17, 15) is 4.79 Å². The molecule has 4 heteroatoms. The smallest absolute Gasteiger partial charge is 0.338 e. The first kappa shape index (κ1) is 11.9. The van der Waals surface area contributed by atoms with Crippen LogP contribution < -0.4 is 10.1 Å². The molecule has 1 aromatic carbocycles. The van der Waals surface area contributed by atoms with E-state index in [-0.39, 0.29) is 5.97 Å². The Balaban J connectivity index is 1.85. The van der Waals surface area contributed by atoms with E-state index < -0.39 is 0 Å². The summed E-state index contributed by atoms with van der Waals surface area (Å²) in [5.41, 5.74) is 0.566. The topological polar surface area (TPSA) is 47.6 Å². The maximum absolute atomic E-state index is 11.7. The van der Waals surface area contributed by atoms with Gasteiger partial charge >= 0.3 is 5.97 Å². The average molecular weight is 235 g/mol. The molecule has 0 saturated carbocycles. The number of carbonyl (C=O) groups excluding carboxylic acids is 1. The SMILES string of the molecule is COc1ccc(C(=O)OCC2CCNC2)cc1. The minimum absolute atomic E-state index is 0.264. The Morgan fingerprint density at radius 2 is 2.18 bits per heavy atom. The predicted molar refractivity (Wildman–Crippen MR) is 64.3 cm³/mol. The van der Waals surface area contributed by atoms with E-state index in [1.165, 1.54) is 0 Å². The second-order valence-corrected chi connectivity index (χ2v) is 4.19. The third-order valence-corrected chi connectivity index (χ3v) is 2.94. The Morgan fingerprint density at radius 1 is 1.41 bits per heavy atom. The summed E-state index contributed by atoms with van der Waals surface area (Å²) in [5.74, 6) is 0.929. The predicted octanol–water partition coefficient (Wildman–Crippen LogP) is 1.46. The highest BCUT2D eigenvalue weighted by Crippen LogP contribution is 2.13. The van der Waals surface area contributed by atoms with Crippen LogP contribution in [0, 0.1) is 5.92 Å². The minimum Gasteiger partial charge on any atom is -0.497 e. The molecule has 1 unspecified atom stereocenters. The molecule has 0 aromatic heterocycles. The van der Waals surface area contributed by atoms with Gasteiger partial charge in [0.2, 0.25) is 0 Å². The minimum atomic E-state index is -0.264. The molecule has 92 valence electrons. The summed E-state index contributed by atoms with van der Waals surface area (Å²) >= 11 is 0. The van der Waals surface area contributed by atoms with Crippen LogP contribution in [0.3, 0.4) is 0 Å². The summed E-state index contributed by atoms with van der Waals surface area (Å²) in [6, 6.07) is 6.95. The lowest BCUT2D eigenvalue weighted by molar-refractivity contribution is 0.0450. The van der Waals surface area contributed by atoms with Gasteiger partial charge in [-0.15, -0.1) is 0 Å². The second-order valence-electron chi connectivity index (χ2n) is 4.19. The molecule has 17 heavy (non-hydrogen) atoms. The molecule has 1 saturated heterocycles. The van der Waals surface area contributed by atoms with Gasteiger partial charge in [0, 0.05) is 12.5 Å². The van der Waals surface area contributed by atoms with Crippen molar-refractivity contribution in [3.8, 4) is 5.75 Å². The van der Waals surface area contributed by atoms with Gasteiger partial charge in [0.1, 0.15) is 5.75 Å². The molecule has 0 spiro atoms. The maximum Gasteiger partial charge on any atom is 0.338 e. The van der Waals surface area contributed by atoms with Crippen LogP contribution in [0.2, 0.25) is 0 Å². The largest absolute Gasteiger partial charge is 0.497 e. The molecular formula is C13H17NO3. The van der Waals surface area contributed by atoms with E-state index >= 15 is 0 Å². The zero-order chi connectivity index (χ0) is 12.1. The van der Waals surface area contributed by atoms with Gasteiger partial charge in [0.25, 0.3) is 0 Å². The van der Waals surface area contributed by atoms with Gasteiger partial charge in [0.05, 0.1) is 19.3 Å². The summed E-state index contributed by atoms with van der Waals surface area (Å²) in [6.45, 7) is 2.46. The Kier molecular flexibility index (Phi) is 3.98. The van der Waals surface area contributed by atoms with E-state index in [1.54, 1.807) is 31.4 Å². The molecule has 1 N–H and O–H groups in total. The summed E-state index contributed by atoms with van der Waals surface area (Å²) in [6.07, 6.45) is 1.08. The quantitative estimate of drug-likeness (QED) is 0.803. The van der Waals surface area contributed by atoms with Crippen molar-refractivity contribution in [1.29, 1.82) is 0 Å². The highest BCUT2D eigenvalue weighted by Gasteiger charge is 2.17. The number of hydrogen-bond donors (Lipinski definition) is 1. The van der Waals surface area contributed by atoms with E-state index in [0.29, 0.717) is 18.1 Å². The number of methoxy groups -OCH3 is 1. The van der Waals surface area contributed by atoms with Gasteiger partial charge in [-0.3, -0.25) is 0 Å². The van der Waals surface area contributed by atoms with Gasteiger partial charge < -0.3 is 14.8 Å². The fourth-order valence-corrected chi connectivity index (χ4v) is 1.86. The fourth-order valence-electron chi connectivity index (χ4n) is 1.86. The lowest BCUT2D eigenvalue weighted by atomic mass is 10.1. The number of hydrogen-bond acceptors (Lipinski definition) is 4. The fraction of sp³-hybridized carbons (Fsp3) is 0.462. The number of esters is 1. The maximum atomic E-state index is 11.7. The average Bonchev–Trinajstić information content (AvgIpc) is 2.89. The molecular weight excluding hydrogens is 218 g/mol. The van der Waals surface area contributed by atoms with E-state index in [1.807, 2.05) is 0 Å². The van der Waals surface area contributed by atoms with Crippen molar-refractivity contribution in [1.82, 2.24) is 5.32 Å². The first-order valence-corrected chi connectivity index (χ1v) is 5.81. The van der Waals surface area contributed by atoms with Gasteiger partial charge in [-0.05, 0) is 37.2 Å². The summed E-state index contributed by atoms with van der Waals surface area (Å²) < 4.78 is 10.3. The Bertz CT molecular complexity index is 369. The van der Waals surface area contributed by atoms with Gasteiger partial charge in [0.15, 0.2) is 0 Å². The molecule has 1 aliphatic heterocycles.